The van der Waals surface area contributed by atoms with E-state index in [1.165, 1.54) is 6.20 Å². The highest BCUT2D eigenvalue weighted by Gasteiger charge is 2.31. The molecule has 1 aromatic heterocycles. The molecule has 0 saturated heterocycles. The Hall–Kier alpha value is -0.490. The van der Waals surface area contributed by atoms with Crippen molar-refractivity contribution in [2.45, 2.75) is 19.0 Å². The highest BCUT2D eigenvalue weighted by atomic mass is 79.9. The first-order valence-electron chi connectivity index (χ1n) is 4.89. The number of nitrogens with zero attached hydrogens (tertiary/aromatic N) is 2. The first kappa shape index (κ1) is 14.6. The van der Waals surface area contributed by atoms with E-state index >= 15 is 0 Å². The van der Waals surface area contributed by atoms with Gasteiger partial charge in [0.2, 0.25) is 0 Å². The summed E-state index contributed by atoms with van der Waals surface area (Å²) in [4.78, 5) is 5.16. The molecule has 1 aromatic rings. The Kier molecular flexibility index (Phi) is 5.06. The van der Waals surface area contributed by atoms with Crippen molar-refractivity contribution in [3.63, 3.8) is 0 Å². The van der Waals surface area contributed by atoms with E-state index < -0.39 is 12.7 Å². The molecule has 0 atom stereocenters. The van der Waals surface area contributed by atoms with Crippen LogP contribution in [0.5, 0.6) is 0 Å². The van der Waals surface area contributed by atoms with Crippen LogP contribution >= 0.6 is 27.5 Å². The van der Waals surface area contributed by atoms with Crippen molar-refractivity contribution < 1.29 is 13.2 Å². The van der Waals surface area contributed by atoms with E-state index in [0.717, 1.165) is 4.90 Å². The van der Waals surface area contributed by atoms with Gasteiger partial charge in [-0.2, -0.15) is 13.2 Å². The lowest BCUT2D eigenvalue weighted by atomic mass is 10.2. The van der Waals surface area contributed by atoms with Crippen LogP contribution in [0.3, 0.4) is 0 Å². The monoisotopic (exact) mass is 330 g/mol. The molecule has 1 heterocycles. The molecule has 0 unspecified atom stereocenters. The number of rotatable bonds is 4. The highest BCUT2D eigenvalue weighted by molar-refractivity contribution is 9.10. The third-order valence-corrected chi connectivity index (χ3v) is 2.83. The van der Waals surface area contributed by atoms with E-state index in [-0.39, 0.29) is 18.2 Å². The molecular weight excluding hydrogens is 320 g/mol. The number of pyridine rings is 1. The molecule has 0 radical (unpaired) electrons. The summed E-state index contributed by atoms with van der Waals surface area (Å²) >= 11 is 8.92. The summed E-state index contributed by atoms with van der Waals surface area (Å²) in [6.45, 7) is 0.841. The second kappa shape index (κ2) is 5.91. The van der Waals surface area contributed by atoms with Crippen molar-refractivity contribution in [1.29, 1.82) is 0 Å². The zero-order valence-electron chi connectivity index (χ0n) is 9.06. The fourth-order valence-electron chi connectivity index (χ4n) is 1.41. The van der Waals surface area contributed by atoms with E-state index in [2.05, 4.69) is 20.9 Å². The van der Waals surface area contributed by atoms with Gasteiger partial charge in [-0.1, -0.05) is 0 Å². The van der Waals surface area contributed by atoms with Gasteiger partial charge in [0.15, 0.2) is 0 Å². The van der Waals surface area contributed by atoms with Gasteiger partial charge in [0.25, 0.3) is 0 Å². The Morgan fingerprint density at radius 1 is 1.47 bits per heavy atom. The van der Waals surface area contributed by atoms with Gasteiger partial charge < -0.3 is 4.90 Å². The number of anilines is 1. The van der Waals surface area contributed by atoms with E-state index in [0.29, 0.717) is 10.0 Å². The van der Waals surface area contributed by atoms with Crippen molar-refractivity contribution in [1.82, 2.24) is 4.98 Å². The lowest BCUT2D eigenvalue weighted by molar-refractivity contribution is -0.119. The van der Waals surface area contributed by atoms with Crippen LogP contribution in [0.4, 0.5) is 19.0 Å². The van der Waals surface area contributed by atoms with Crippen LogP contribution in [-0.2, 0) is 5.88 Å². The minimum absolute atomic E-state index is 0.121. The molecule has 0 fully saturated rings. The van der Waals surface area contributed by atoms with Gasteiger partial charge >= 0.3 is 6.18 Å². The molecule has 0 bridgehead atoms. The quantitative estimate of drug-likeness (QED) is 0.776. The largest absolute Gasteiger partial charge is 0.405 e. The average Bonchev–Trinajstić information content (AvgIpc) is 2.24. The SMILES string of the molecule is CCN(CC(F)(F)F)c1ncc(Br)cc1CCl. The first-order chi connectivity index (χ1) is 7.87. The van der Waals surface area contributed by atoms with Crippen LogP contribution in [0.25, 0.3) is 0 Å². The fraction of sp³-hybridized carbons (Fsp3) is 0.500. The van der Waals surface area contributed by atoms with E-state index in [4.69, 9.17) is 11.6 Å². The van der Waals surface area contributed by atoms with Gasteiger partial charge in [-0.25, -0.2) is 4.98 Å². The Labute approximate surface area is 111 Å². The smallest absolute Gasteiger partial charge is 0.348 e. The summed E-state index contributed by atoms with van der Waals surface area (Å²) in [5.74, 6) is 0.402. The summed E-state index contributed by atoms with van der Waals surface area (Å²) in [7, 11) is 0. The van der Waals surface area contributed by atoms with Gasteiger partial charge in [0.1, 0.15) is 12.4 Å². The number of halogens is 5. The Balaban J connectivity index is 3.03. The molecule has 17 heavy (non-hydrogen) atoms. The summed E-state index contributed by atoms with van der Waals surface area (Å²) in [6, 6.07) is 1.67. The van der Waals surface area contributed by atoms with Crippen LogP contribution in [0.1, 0.15) is 12.5 Å². The topological polar surface area (TPSA) is 16.1 Å². The molecular formula is C10H11BrClF3N2. The van der Waals surface area contributed by atoms with Gasteiger partial charge in [-0.3, -0.25) is 0 Å². The Morgan fingerprint density at radius 3 is 2.59 bits per heavy atom. The number of aromatic nitrogens is 1. The average molecular weight is 332 g/mol. The fourth-order valence-corrected chi connectivity index (χ4v) is 1.99. The second-order valence-electron chi connectivity index (χ2n) is 3.40. The lowest BCUT2D eigenvalue weighted by Gasteiger charge is -2.25. The van der Waals surface area contributed by atoms with Crippen LogP contribution in [-0.4, -0.2) is 24.2 Å². The molecule has 0 N–H and O–H groups in total. The molecule has 0 aliphatic carbocycles. The molecule has 0 aliphatic rings. The number of hydrogen-bond donors (Lipinski definition) is 0. The summed E-state index contributed by atoms with van der Waals surface area (Å²) < 4.78 is 37.8. The van der Waals surface area contributed by atoms with Crippen molar-refractivity contribution in [2.24, 2.45) is 0 Å². The summed E-state index contributed by atoms with van der Waals surface area (Å²) in [5.41, 5.74) is 0.576. The predicted octanol–water partition coefficient (Wildman–Crippen LogP) is 3.97. The predicted molar refractivity (Wildman–Crippen MR) is 65.4 cm³/mol. The Morgan fingerprint density at radius 2 is 2.12 bits per heavy atom. The van der Waals surface area contributed by atoms with Gasteiger partial charge in [0, 0.05) is 22.8 Å². The van der Waals surface area contributed by atoms with Crippen molar-refractivity contribution in [3.05, 3.63) is 22.3 Å². The maximum absolute atomic E-state index is 12.4. The van der Waals surface area contributed by atoms with E-state index in [1.54, 1.807) is 13.0 Å². The second-order valence-corrected chi connectivity index (χ2v) is 4.58. The molecule has 0 aliphatic heterocycles. The van der Waals surface area contributed by atoms with Gasteiger partial charge in [-0.15, -0.1) is 11.6 Å². The van der Waals surface area contributed by atoms with Crippen molar-refractivity contribution in [3.8, 4) is 0 Å². The zero-order chi connectivity index (χ0) is 13.1. The molecule has 7 heteroatoms. The first-order valence-corrected chi connectivity index (χ1v) is 6.22. The van der Waals surface area contributed by atoms with E-state index in [1.807, 2.05) is 0 Å². The lowest BCUT2D eigenvalue weighted by Crippen LogP contribution is -2.35. The van der Waals surface area contributed by atoms with Crippen LogP contribution in [0, 0.1) is 0 Å². The van der Waals surface area contributed by atoms with Crippen LogP contribution in [0.15, 0.2) is 16.7 Å². The van der Waals surface area contributed by atoms with Crippen LogP contribution < -0.4 is 4.90 Å². The number of alkyl halides is 4. The van der Waals surface area contributed by atoms with Crippen LogP contribution in [0.2, 0.25) is 0 Å². The third kappa shape index (κ3) is 4.35. The summed E-state index contributed by atoms with van der Waals surface area (Å²) in [6.07, 6.45) is -2.79. The standard InChI is InChI=1S/C10H11BrClF3N2/c1-2-17(6-10(13,14)15)9-7(4-12)3-8(11)5-16-9/h3,5H,2,4,6H2,1H3. The maximum atomic E-state index is 12.4. The van der Waals surface area contributed by atoms with Crippen molar-refractivity contribution in [2.75, 3.05) is 18.0 Å². The molecule has 1 rings (SSSR count). The molecule has 0 saturated carbocycles. The summed E-state index contributed by atoms with van der Waals surface area (Å²) in [5, 5.41) is 0. The Bertz CT molecular complexity index is 384. The maximum Gasteiger partial charge on any atom is 0.405 e. The van der Waals surface area contributed by atoms with E-state index in [9.17, 15) is 13.2 Å². The zero-order valence-corrected chi connectivity index (χ0v) is 11.4. The third-order valence-electron chi connectivity index (χ3n) is 2.10. The molecule has 0 spiro atoms. The van der Waals surface area contributed by atoms with Gasteiger partial charge in [-0.05, 0) is 28.9 Å². The minimum atomic E-state index is -4.26. The van der Waals surface area contributed by atoms with Crippen molar-refractivity contribution >= 4 is 33.3 Å². The van der Waals surface area contributed by atoms with Gasteiger partial charge in [0.05, 0.1) is 5.88 Å². The molecule has 0 amide bonds. The highest BCUT2D eigenvalue weighted by Crippen LogP contribution is 2.26. The molecule has 2 nitrogen and oxygen atoms in total. The molecule has 0 aromatic carbocycles. The normalized spacial score (nSPS) is 11.6. The number of hydrogen-bond acceptors (Lipinski definition) is 2. The minimum Gasteiger partial charge on any atom is -0.348 e. The molecule has 96 valence electrons.